The van der Waals surface area contributed by atoms with Gasteiger partial charge in [0.2, 0.25) is 5.91 Å². The maximum atomic E-state index is 11.4. The van der Waals surface area contributed by atoms with Crippen LogP contribution >= 0.6 is 0 Å². The lowest BCUT2D eigenvalue weighted by Crippen LogP contribution is -2.32. The number of methoxy groups -OCH3 is 1. The van der Waals surface area contributed by atoms with Crippen LogP contribution < -0.4 is 10.1 Å². The molecule has 1 heterocycles. The summed E-state index contributed by atoms with van der Waals surface area (Å²) in [5.41, 5.74) is 1.65. The zero-order chi connectivity index (χ0) is 13.1. The molecular weight excluding hydrogens is 230 g/mol. The number of ether oxygens (including phenoxy) is 1. The number of carbonyl (C=O) groups excluding carboxylic acids is 2. The van der Waals surface area contributed by atoms with Crippen molar-refractivity contribution in [2.45, 2.75) is 25.7 Å². The Kier molecular flexibility index (Phi) is 3.65. The average Bonchev–Trinajstić information content (AvgIpc) is 2.37. The number of carbonyl (C=O) groups is 2. The van der Waals surface area contributed by atoms with Crippen molar-refractivity contribution < 1.29 is 14.3 Å². The van der Waals surface area contributed by atoms with Crippen LogP contribution in [0.25, 0.3) is 0 Å². The van der Waals surface area contributed by atoms with E-state index in [0.29, 0.717) is 24.3 Å². The lowest BCUT2D eigenvalue weighted by molar-refractivity contribution is -0.122. The second-order valence-electron chi connectivity index (χ2n) is 4.56. The summed E-state index contributed by atoms with van der Waals surface area (Å²) in [6.45, 7) is 2.23. The molecule has 1 aromatic carbocycles. The molecule has 1 saturated heterocycles. The monoisotopic (exact) mass is 247 g/mol. The zero-order valence-corrected chi connectivity index (χ0v) is 10.7. The van der Waals surface area contributed by atoms with E-state index in [1.165, 1.54) is 6.92 Å². The van der Waals surface area contributed by atoms with Crippen molar-refractivity contribution >= 4 is 11.7 Å². The Morgan fingerprint density at radius 1 is 1.44 bits per heavy atom. The van der Waals surface area contributed by atoms with Crippen molar-refractivity contribution in [2.75, 3.05) is 13.7 Å². The number of benzene rings is 1. The van der Waals surface area contributed by atoms with Crippen LogP contribution in [0.15, 0.2) is 18.2 Å². The van der Waals surface area contributed by atoms with Crippen molar-refractivity contribution in [1.29, 1.82) is 0 Å². The average molecular weight is 247 g/mol. The fourth-order valence-electron chi connectivity index (χ4n) is 2.32. The van der Waals surface area contributed by atoms with E-state index in [1.807, 2.05) is 12.1 Å². The Balaban J connectivity index is 2.29. The molecule has 0 aliphatic carbocycles. The van der Waals surface area contributed by atoms with Crippen LogP contribution in [0.2, 0.25) is 0 Å². The molecule has 1 aliphatic rings. The predicted molar refractivity (Wildman–Crippen MR) is 68.0 cm³/mol. The van der Waals surface area contributed by atoms with E-state index in [4.69, 9.17) is 4.74 Å². The third kappa shape index (κ3) is 2.53. The Morgan fingerprint density at radius 3 is 2.83 bits per heavy atom. The topological polar surface area (TPSA) is 55.4 Å². The van der Waals surface area contributed by atoms with Gasteiger partial charge in [0.25, 0.3) is 0 Å². The SMILES string of the molecule is COc1cc([C@H]2CCNC(=O)C2)ccc1C(C)=O. The summed E-state index contributed by atoms with van der Waals surface area (Å²) in [5.74, 6) is 0.875. The Bertz CT molecular complexity index is 482. The zero-order valence-electron chi connectivity index (χ0n) is 10.7. The fourth-order valence-corrected chi connectivity index (χ4v) is 2.32. The largest absolute Gasteiger partial charge is 0.496 e. The number of hydrogen-bond acceptors (Lipinski definition) is 3. The molecule has 0 bridgehead atoms. The molecule has 1 fully saturated rings. The summed E-state index contributed by atoms with van der Waals surface area (Å²) < 4.78 is 5.24. The maximum Gasteiger partial charge on any atom is 0.220 e. The van der Waals surface area contributed by atoms with Crippen LogP contribution in [0.1, 0.15) is 41.6 Å². The first-order chi connectivity index (χ1) is 8.61. The molecule has 0 unspecified atom stereocenters. The number of piperidine rings is 1. The lowest BCUT2D eigenvalue weighted by atomic mass is 9.89. The summed E-state index contributed by atoms with van der Waals surface area (Å²) >= 11 is 0. The highest BCUT2D eigenvalue weighted by Gasteiger charge is 2.21. The minimum absolute atomic E-state index is 0.0141. The van der Waals surface area contributed by atoms with Gasteiger partial charge in [0, 0.05) is 13.0 Å². The molecule has 1 aromatic rings. The van der Waals surface area contributed by atoms with Crippen LogP contribution in [-0.4, -0.2) is 25.3 Å². The van der Waals surface area contributed by atoms with Gasteiger partial charge < -0.3 is 10.1 Å². The summed E-state index contributed by atoms with van der Waals surface area (Å²) in [6, 6.07) is 5.57. The molecule has 1 N–H and O–H groups in total. The quantitative estimate of drug-likeness (QED) is 0.830. The molecular formula is C14H17NO3. The molecule has 1 amide bonds. The number of Topliss-reactive ketones (excluding diaryl/α,β-unsaturated/α-hetero) is 1. The van der Waals surface area contributed by atoms with Crippen LogP contribution in [0.4, 0.5) is 0 Å². The molecule has 96 valence electrons. The first-order valence-corrected chi connectivity index (χ1v) is 6.07. The van der Waals surface area contributed by atoms with Gasteiger partial charge in [-0.15, -0.1) is 0 Å². The van der Waals surface area contributed by atoms with E-state index in [-0.39, 0.29) is 17.6 Å². The van der Waals surface area contributed by atoms with Gasteiger partial charge in [0.05, 0.1) is 12.7 Å². The predicted octanol–water partition coefficient (Wildman–Crippen LogP) is 1.89. The normalized spacial score (nSPS) is 19.2. The second kappa shape index (κ2) is 5.21. The molecule has 4 nitrogen and oxygen atoms in total. The van der Waals surface area contributed by atoms with Crippen molar-refractivity contribution in [2.24, 2.45) is 0 Å². The lowest BCUT2D eigenvalue weighted by Gasteiger charge is -2.23. The molecule has 0 saturated carbocycles. The standard InChI is InChI=1S/C14H17NO3/c1-9(16)12-4-3-10(7-13(12)18-2)11-5-6-15-14(17)8-11/h3-4,7,11H,5-6,8H2,1-2H3,(H,15,17)/t11-/m0/s1. The highest BCUT2D eigenvalue weighted by atomic mass is 16.5. The summed E-state index contributed by atoms with van der Waals surface area (Å²) in [6.07, 6.45) is 1.43. The third-order valence-corrected chi connectivity index (χ3v) is 3.32. The minimum Gasteiger partial charge on any atom is -0.496 e. The number of nitrogens with one attached hydrogen (secondary N) is 1. The van der Waals surface area contributed by atoms with E-state index in [1.54, 1.807) is 13.2 Å². The van der Waals surface area contributed by atoms with E-state index in [2.05, 4.69) is 5.32 Å². The fraction of sp³-hybridized carbons (Fsp3) is 0.429. The van der Waals surface area contributed by atoms with Gasteiger partial charge in [-0.3, -0.25) is 9.59 Å². The molecule has 1 aliphatic heterocycles. The molecule has 4 heteroatoms. The van der Waals surface area contributed by atoms with Gasteiger partial charge in [-0.25, -0.2) is 0 Å². The highest BCUT2D eigenvalue weighted by molar-refractivity contribution is 5.96. The summed E-state index contributed by atoms with van der Waals surface area (Å²) in [4.78, 5) is 22.8. The molecule has 0 spiro atoms. The van der Waals surface area contributed by atoms with Crippen LogP contribution in [0.5, 0.6) is 5.75 Å². The van der Waals surface area contributed by atoms with Gasteiger partial charge in [-0.05, 0) is 37.0 Å². The van der Waals surface area contributed by atoms with E-state index in [9.17, 15) is 9.59 Å². The van der Waals surface area contributed by atoms with E-state index in [0.717, 1.165) is 12.0 Å². The minimum atomic E-state index is -0.0141. The smallest absolute Gasteiger partial charge is 0.220 e. The van der Waals surface area contributed by atoms with Crippen LogP contribution in [-0.2, 0) is 4.79 Å². The Morgan fingerprint density at radius 2 is 2.22 bits per heavy atom. The Labute approximate surface area is 106 Å². The number of rotatable bonds is 3. The molecule has 1 atom stereocenters. The van der Waals surface area contributed by atoms with E-state index >= 15 is 0 Å². The number of hydrogen-bond donors (Lipinski definition) is 1. The Hall–Kier alpha value is -1.84. The second-order valence-corrected chi connectivity index (χ2v) is 4.56. The number of amides is 1. The van der Waals surface area contributed by atoms with Crippen molar-refractivity contribution in [3.8, 4) is 5.75 Å². The number of ketones is 1. The molecule has 0 aromatic heterocycles. The van der Waals surface area contributed by atoms with E-state index < -0.39 is 0 Å². The first-order valence-electron chi connectivity index (χ1n) is 6.07. The van der Waals surface area contributed by atoms with Gasteiger partial charge in [0.15, 0.2) is 5.78 Å². The van der Waals surface area contributed by atoms with Crippen LogP contribution in [0.3, 0.4) is 0 Å². The highest BCUT2D eigenvalue weighted by Crippen LogP contribution is 2.30. The maximum absolute atomic E-state index is 11.4. The van der Waals surface area contributed by atoms with Crippen molar-refractivity contribution in [3.05, 3.63) is 29.3 Å². The third-order valence-electron chi connectivity index (χ3n) is 3.32. The van der Waals surface area contributed by atoms with Gasteiger partial charge in [-0.1, -0.05) is 6.07 Å². The van der Waals surface area contributed by atoms with Crippen LogP contribution in [0, 0.1) is 0 Å². The molecule has 2 rings (SSSR count). The van der Waals surface area contributed by atoms with Crippen molar-refractivity contribution in [3.63, 3.8) is 0 Å². The summed E-state index contributed by atoms with van der Waals surface area (Å²) in [7, 11) is 1.55. The molecule has 18 heavy (non-hydrogen) atoms. The van der Waals surface area contributed by atoms with Crippen molar-refractivity contribution in [1.82, 2.24) is 5.32 Å². The van der Waals surface area contributed by atoms with Gasteiger partial charge in [-0.2, -0.15) is 0 Å². The van der Waals surface area contributed by atoms with Gasteiger partial charge in [0.1, 0.15) is 5.75 Å². The van der Waals surface area contributed by atoms with Gasteiger partial charge >= 0.3 is 0 Å². The first kappa shape index (κ1) is 12.6. The summed E-state index contributed by atoms with van der Waals surface area (Å²) in [5, 5.41) is 2.82. The molecule has 0 radical (unpaired) electrons.